The maximum Gasteiger partial charge on any atom is 0.145 e. The van der Waals surface area contributed by atoms with E-state index >= 15 is 0 Å². The molecule has 1 aromatic heterocycles. The Balaban J connectivity index is 1.92. The van der Waals surface area contributed by atoms with Gasteiger partial charge in [-0.05, 0) is 30.5 Å². The minimum Gasteiger partial charge on any atom is -0.281 e. The predicted octanol–water partition coefficient (Wildman–Crippen LogP) is 4.88. The minimum atomic E-state index is 0.754. The van der Waals surface area contributed by atoms with Crippen LogP contribution in [0.1, 0.15) is 5.69 Å². The molecule has 0 bridgehead atoms. The van der Waals surface area contributed by atoms with Crippen LogP contribution in [0.15, 0.2) is 66.7 Å². The smallest absolute Gasteiger partial charge is 0.145 e. The van der Waals surface area contributed by atoms with Crippen molar-refractivity contribution in [2.24, 2.45) is 0 Å². The van der Waals surface area contributed by atoms with Crippen LogP contribution >= 0.6 is 11.6 Å². The lowest BCUT2D eigenvalue weighted by molar-refractivity contribution is -0.477. The van der Waals surface area contributed by atoms with Gasteiger partial charge in [-0.15, -0.1) is 0 Å². The van der Waals surface area contributed by atoms with Crippen LogP contribution in [-0.2, 0) is 0 Å². The zero-order valence-corrected chi connectivity index (χ0v) is 13.5. The summed E-state index contributed by atoms with van der Waals surface area (Å²) < 4.78 is 0. The van der Waals surface area contributed by atoms with Gasteiger partial charge in [0.15, 0.2) is 0 Å². The molecule has 3 heteroatoms. The monoisotopic (exact) mass is 319 g/mol. The molecule has 0 aliphatic heterocycles. The number of nitrogens with zero attached hydrogens (tertiary/aromatic N) is 1. The van der Waals surface area contributed by atoms with Crippen LogP contribution in [0.5, 0.6) is 0 Å². The number of aromatic nitrogens is 1. The molecular weight excluding hydrogens is 304 g/mol. The molecule has 1 heterocycles. The lowest BCUT2D eigenvalue weighted by Gasteiger charge is -2.08. The van der Waals surface area contributed by atoms with E-state index in [0.717, 1.165) is 21.9 Å². The van der Waals surface area contributed by atoms with Gasteiger partial charge in [0.1, 0.15) is 11.4 Å². The third kappa shape index (κ3) is 2.67. The third-order valence-electron chi connectivity index (χ3n) is 4.06. The third-order valence-corrected chi connectivity index (χ3v) is 4.31. The van der Waals surface area contributed by atoms with Crippen LogP contribution in [-0.4, -0.2) is 4.98 Å². The van der Waals surface area contributed by atoms with Crippen molar-refractivity contribution in [3.05, 3.63) is 77.4 Å². The van der Waals surface area contributed by atoms with Crippen molar-refractivity contribution >= 4 is 44.7 Å². The van der Waals surface area contributed by atoms with Crippen molar-refractivity contribution in [1.29, 1.82) is 0 Å². The number of rotatable bonds is 2. The summed E-state index contributed by atoms with van der Waals surface area (Å²) >= 11 is 5.98. The molecule has 3 aromatic carbocycles. The Kier molecular flexibility index (Phi) is 3.49. The summed E-state index contributed by atoms with van der Waals surface area (Å²) in [5, 5.41) is 6.52. The molecule has 0 radical (unpaired) electrons. The number of benzene rings is 3. The van der Waals surface area contributed by atoms with Crippen molar-refractivity contribution in [2.75, 3.05) is 0 Å². The number of hydrogen-bond donors (Lipinski definition) is 1. The maximum absolute atomic E-state index is 5.98. The summed E-state index contributed by atoms with van der Waals surface area (Å²) in [5.74, 6) is 0. The average Bonchev–Trinajstić information content (AvgIpc) is 2.57. The van der Waals surface area contributed by atoms with E-state index in [4.69, 9.17) is 16.6 Å². The van der Waals surface area contributed by atoms with Gasteiger partial charge in [-0.2, -0.15) is 0 Å². The molecule has 0 fully saturated rings. The molecule has 2 N–H and O–H groups in total. The molecule has 0 amide bonds. The summed E-state index contributed by atoms with van der Waals surface area (Å²) in [5.41, 5.74) is 4.40. The number of hydrogen-bond acceptors (Lipinski definition) is 1. The molecule has 0 aliphatic carbocycles. The molecule has 23 heavy (non-hydrogen) atoms. The SMILES string of the molecule is Cc1cc([NH2+]c2ccc(Cl)cc2)c2ccc3ccccc3c2n1. The zero-order valence-electron chi connectivity index (χ0n) is 12.8. The van der Waals surface area contributed by atoms with E-state index in [0.29, 0.717) is 0 Å². The first kappa shape index (κ1) is 14.2. The number of quaternary nitrogens is 1. The zero-order chi connectivity index (χ0) is 15.8. The molecule has 0 unspecified atom stereocenters. The number of nitrogens with two attached hydrogens (primary N) is 1. The Morgan fingerprint density at radius 2 is 1.65 bits per heavy atom. The van der Waals surface area contributed by atoms with E-state index in [-0.39, 0.29) is 0 Å². The van der Waals surface area contributed by atoms with E-state index in [9.17, 15) is 0 Å². The quantitative estimate of drug-likeness (QED) is 0.414. The minimum absolute atomic E-state index is 0.754. The molecule has 4 rings (SSSR count). The Hall–Kier alpha value is -2.42. The summed E-state index contributed by atoms with van der Waals surface area (Å²) in [6.45, 7) is 2.04. The van der Waals surface area contributed by atoms with Gasteiger partial charge >= 0.3 is 0 Å². The molecule has 112 valence electrons. The van der Waals surface area contributed by atoms with Crippen molar-refractivity contribution in [3.8, 4) is 0 Å². The van der Waals surface area contributed by atoms with Gasteiger partial charge in [0.05, 0.1) is 10.9 Å². The summed E-state index contributed by atoms with van der Waals surface area (Å²) in [7, 11) is 0. The van der Waals surface area contributed by atoms with Gasteiger partial charge in [-0.25, -0.2) is 0 Å². The molecule has 0 saturated heterocycles. The van der Waals surface area contributed by atoms with Gasteiger partial charge < -0.3 is 0 Å². The molecule has 0 atom stereocenters. The number of aryl methyl sites for hydroxylation is 1. The van der Waals surface area contributed by atoms with Gasteiger partial charge in [-0.3, -0.25) is 10.3 Å². The van der Waals surface area contributed by atoms with Crippen molar-refractivity contribution in [2.45, 2.75) is 6.92 Å². The summed E-state index contributed by atoms with van der Waals surface area (Å²) in [4.78, 5) is 4.78. The van der Waals surface area contributed by atoms with Crippen molar-refractivity contribution in [3.63, 3.8) is 0 Å². The second kappa shape index (κ2) is 5.65. The second-order valence-corrected chi connectivity index (χ2v) is 6.17. The van der Waals surface area contributed by atoms with Crippen LogP contribution in [0.4, 0.5) is 11.4 Å². The highest BCUT2D eigenvalue weighted by Crippen LogP contribution is 2.28. The Bertz CT molecular complexity index is 1010. The fourth-order valence-corrected chi connectivity index (χ4v) is 3.10. The lowest BCUT2D eigenvalue weighted by Crippen LogP contribution is -2.71. The van der Waals surface area contributed by atoms with E-state index in [1.54, 1.807) is 0 Å². The molecular formula is C20H16ClN2+. The molecule has 0 spiro atoms. The maximum atomic E-state index is 5.98. The van der Waals surface area contributed by atoms with Crippen LogP contribution in [0.2, 0.25) is 5.02 Å². The van der Waals surface area contributed by atoms with Gasteiger partial charge in [-0.1, -0.05) is 41.9 Å². The van der Waals surface area contributed by atoms with Crippen LogP contribution in [0, 0.1) is 6.92 Å². The fourth-order valence-electron chi connectivity index (χ4n) is 2.98. The van der Waals surface area contributed by atoms with Gasteiger partial charge in [0.25, 0.3) is 0 Å². The van der Waals surface area contributed by atoms with E-state index in [2.05, 4.69) is 47.8 Å². The Morgan fingerprint density at radius 3 is 2.48 bits per heavy atom. The van der Waals surface area contributed by atoms with Crippen LogP contribution in [0.25, 0.3) is 21.7 Å². The normalized spacial score (nSPS) is 11.2. The summed E-state index contributed by atoms with van der Waals surface area (Å²) in [6, 6.07) is 22.7. The van der Waals surface area contributed by atoms with Gasteiger partial charge in [0.2, 0.25) is 0 Å². The average molecular weight is 320 g/mol. The number of halogens is 1. The topological polar surface area (TPSA) is 29.5 Å². The number of fused-ring (bicyclic) bond motifs is 3. The molecule has 2 nitrogen and oxygen atoms in total. The first-order valence-corrected chi connectivity index (χ1v) is 7.98. The summed E-state index contributed by atoms with van der Waals surface area (Å²) in [6.07, 6.45) is 0. The first-order chi connectivity index (χ1) is 11.2. The Labute approximate surface area is 139 Å². The predicted molar refractivity (Wildman–Crippen MR) is 96.7 cm³/mol. The highest BCUT2D eigenvalue weighted by atomic mass is 35.5. The standard InChI is InChI=1S/C20H15ClN2/c1-13-12-19(23-16-9-7-15(21)8-10-16)18-11-6-14-4-2-3-5-17(14)20(18)22-13/h2-12H,1H3,(H,22,23)/p+1. The van der Waals surface area contributed by atoms with Crippen LogP contribution in [0.3, 0.4) is 0 Å². The van der Waals surface area contributed by atoms with E-state index in [1.807, 2.05) is 31.2 Å². The molecule has 0 aliphatic rings. The molecule has 4 aromatic rings. The lowest BCUT2D eigenvalue weighted by atomic mass is 10.0. The Morgan fingerprint density at radius 1 is 0.870 bits per heavy atom. The first-order valence-electron chi connectivity index (χ1n) is 7.60. The van der Waals surface area contributed by atoms with Crippen molar-refractivity contribution in [1.82, 2.24) is 4.98 Å². The van der Waals surface area contributed by atoms with Gasteiger partial charge in [0, 0.05) is 34.3 Å². The highest BCUT2D eigenvalue weighted by Gasteiger charge is 2.11. The number of pyridine rings is 1. The largest absolute Gasteiger partial charge is 0.281 e. The van der Waals surface area contributed by atoms with Crippen LogP contribution < -0.4 is 5.32 Å². The van der Waals surface area contributed by atoms with E-state index in [1.165, 1.54) is 21.8 Å². The van der Waals surface area contributed by atoms with E-state index < -0.39 is 0 Å². The van der Waals surface area contributed by atoms with Crippen molar-refractivity contribution < 1.29 is 5.32 Å². The molecule has 0 saturated carbocycles. The highest BCUT2D eigenvalue weighted by molar-refractivity contribution is 6.30. The fraction of sp³-hybridized carbons (Fsp3) is 0.0500. The second-order valence-electron chi connectivity index (χ2n) is 5.73.